The average molecular weight is 446 g/mol. The van der Waals surface area contributed by atoms with Gasteiger partial charge in [-0.2, -0.15) is 5.10 Å². The fourth-order valence-electron chi connectivity index (χ4n) is 2.35. The number of benzene rings is 2. The summed E-state index contributed by atoms with van der Waals surface area (Å²) in [5.41, 5.74) is 3.57. The van der Waals surface area contributed by atoms with Crippen molar-refractivity contribution in [2.75, 3.05) is 0 Å². The van der Waals surface area contributed by atoms with Crippen LogP contribution in [0.3, 0.4) is 0 Å². The molecule has 2 aromatic carbocycles. The molecular weight excluding hydrogens is 429 g/mol. The van der Waals surface area contributed by atoms with Crippen molar-refractivity contribution >= 4 is 41.2 Å². The van der Waals surface area contributed by atoms with Crippen molar-refractivity contribution in [3.8, 4) is 5.75 Å². The van der Waals surface area contributed by atoms with Crippen molar-refractivity contribution in [2.24, 2.45) is 5.10 Å². The standard InChI is InChI=1S/C21H17Cl2N3O4/c22-18-4-1-5-19(23)17(18)13-30-15-8-6-14(7-9-15)11-25-26-21(28)20(27)24-12-16-3-2-10-29-16/h1-11H,12-13H2,(H,24,27)(H,26,28)/b25-11-. The molecular formula is C21H17Cl2N3O4. The number of hydrazone groups is 1. The molecule has 0 saturated heterocycles. The van der Waals surface area contributed by atoms with Gasteiger partial charge in [0.1, 0.15) is 18.1 Å². The lowest BCUT2D eigenvalue weighted by Gasteiger charge is -2.09. The van der Waals surface area contributed by atoms with Gasteiger partial charge in [-0.1, -0.05) is 29.3 Å². The van der Waals surface area contributed by atoms with Crippen LogP contribution in [0.1, 0.15) is 16.9 Å². The van der Waals surface area contributed by atoms with Gasteiger partial charge in [0.2, 0.25) is 0 Å². The summed E-state index contributed by atoms with van der Waals surface area (Å²) in [6, 6.07) is 15.6. The summed E-state index contributed by atoms with van der Waals surface area (Å²) in [7, 11) is 0. The molecule has 0 aliphatic rings. The first-order valence-electron chi connectivity index (χ1n) is 8.82. The summed E-state index contributed by atoms with van der Waals surface area (Å²) >= 11 is 12.2. The van der Waals surface area contributed by atoms with Crippen LogP contribution < -0.4 is 15.5 Å². The number of halogens is 2. The minimum atomic E-state index is -0.880. The number of amides is 2. The van der Waals surface area contributed by atoms with Crippen molar-refractivity contribution in [1.82, 2.24) is 10.7 Å². The summed E-state index contributed by atoms with van der Waals surface area (Å²) in [5, 5.41) is 7.27. The molecule has 154 valence electrons. The largest absolute Gasteiger partial charge is 0.489 e. The molecule has 0 unspecified atom stereocenters. The molecule has 3 aromatic rings. The fraction of sp³-hybridized carbons (Fsp3) is 0.0952. The Kier molecular flexibility index (Phi) is 7.48. The average Bonchev–Trinajstić information content (AvgIpc) is 3.26. The molecule has 2 N–H and O–H groups in total. The topological polar surface area (TPSA) is 92.9 Å². The van der Waals surface area contributed by atoms with E-state index in [0.717, 1.165) is 0 Å². The molecule has 2 amide bonds. The van der Waals surface area contributed by atoms with Crippen LogP contribution in [-0.2, 0) is 22.7 Å². The number of carbonyl (C=O) groups is 2. The van der Waals surface area contributed by atoms with Crippen LogP contribution in [-0.4, -0.2) is 18.0 Å². The third-order valence-corrected chi connectivity index (χ3v) is 4.62. The van der Waals surface area contributed by atoms with Gasteiger partial charge < -0.3 is 14.5 Å². The Morgan fingerprint density at radius 3 is 2.40 bits per heavy atom. The van der Waals surface area contributed by atoms with Crippen LogP contribution in [0.5, 0.6) is 5.75 Å². The summed E-state index contributed by atoms with van der Waals surface area (Å²) in [5.74, 6) is -0.539. The van der Waals surface area contributed by atoms with E-state index in [1.165, 1.54) is 12.5 Å². The first kappa shape index (κ1) is 21.4. The van der Waals surface area contributed by atoms with E-state index < -0.39 is 11.8 Å². The predicted molar refractivity (Wildman–Crippen MR) is 114 cm³/mol. The highest BCUT2D eigenvalue weighted by Crippen LogP contribution is 2.25. The lowest BCUT2D eigenvalue weighted by atomic mass is 10.2. The Bertz CT molecular complexity index is 1010. The smallest absolute Gasteiger partial charge is 0.329 e. The van der Waals surface area contributed by atoms with Crippen molar-refractivity contribution in [3.63, 3.8) is 0 Å². The predicted octanol–water partition coefficient (Wildman–Crippen LogP) is 3.93. The molecule has 1 aromatic heterocycles. The molecule has 0 aliphatic heterocycles. The van der Waals surface area contributed by atoms with Gasteiger partial charge in [0, 0.05) is 15.6 Å². The Morgan fingerprint density at radius 1 is 1.00 bits per heavy atom. The highest BCUT2D eigenvalue weighted by Gasteiger charge is 2.12. The van der Waals surface area contributed by atoms with Gasteiger partial charge in [-0.05, 0) is 54.1 Å². The van der Waals surface area contributed by atoms with E-state index in [1.54, 1.807) is 54.6 Å². The van der Waals surface area contributed by atoms with Gasteiger partial charge in [0.25, 0.3) is 0 Å². The van der Waals surface area contributed by atoms with Gasteiger partial charge in [0.15, 0.2) is 0 Å². The number of hydrogen-bond donors (Lipinski definition) is 2. The van der Waals surface area contributed by atoms with E-state index in [0.29, 0.717) is 32.7 Å². The zero-order valence-corrected chi connectivity index (χ0v) is 17.1. The van der Waals surface area contributed by atoms with Crippen molar-refractivity contribution in [1.29, 1.82) is 0 Å². The maximum absolute atomic E-state index is 11.7. The normalized spacial score (nSPS) is 10.7. The Morgan fingerprint density at radius 2 is 1.73 bits per heavy atom. The molecule has 0 radical (unpaired) electrons. The van der Waals surface area contributed by atoms with E-state index in [4.69, 9.17) is 32.4 Å². The third kappa shape index (κ3) is 6.10. The number of ether oxygens (including phenoxy) is 1. The first-order valence-corrected chi connectivity index (χ1v) is 9.58. The number of furan rings is 1. The molecule has 0 spiro atoms. The van der Waals surface area contributed by atoms with E-state index >= 15 is 0 Å². The number of carbonyl (C=O) groups excluding carboxylic acids is 2. The number of rotatable bonds is 7. The number of nitrogens with zero attached hydrogens (tertiary/aromatic N) is 1. The molecule has 0 atom stereocenters. The zero-order chi connectivity index (χ0) is 21.3. The zero-order valence-electron chi connectivity index (χ0n) is 15.6. The number of hydrogen-bond acceptors (Lipinski definition) is 5. The summed E-state index contributed by atoms with van der Waals surface area (Å²) in [6.45, 7) is 0.346. The van der Waals surface area contributed by atoms with Crippen molar-refractivity contribution < 1.29 is 18.7 Å². The minimum Gasteiger partial charge on any atom is -0.489 e. The summed E-state index contributed by atoms with van der Waals surface area (Å²) in [6.07, 6.45) is 2.89. The van der Waals surface area contributed by atoms with Gasteiger partial charge in [-0.25, -0.2) is 5.43 Å². The van der Waals surface area contributed by atoms with Crippen LogP contribution in [0.15, 0.2) is 70.4 Å². The maximum Gasteiger partial charge on any atom is 0.329 e. The molecule has 1 heterocycles. The fourth-order valence-corrected chi connectivity index (χ4v) is 2.86. The Balaban J connectivity index is 1.46. The third-order valence-electron chi connectivity index (χ3n) is 3.91. The molecule has 3 rings (SSSR count). The molecule has 0 saturated carbocycles. The SMILES string of the molecule is O=C(NCc1ccco1)C(=O)N/N=C\c1ccc(OCc2c(Cl)cccc2Cl)cc1. The number of nitrogens with one attached hydrogen (secondary N) is 2. The van der Waals surface area contributed by atoms with Crippen molar-refractivity contribution in [3.05, 3.63) is 87.8 Å². The molecule has 0 bridgehead atoms. The van der Waals surface area contributed by atoms with Gasteiger partial charge in [-0.15, -0.1) is 0 Å². The van der Waals surface area contributed by atoms with Crippen LogP contribution in [0.2, 0.25) is 10.0 Å². The van der Waals surface area contributed by atoms with Gasteiger partial charge in [0.05, 0.1) is 19.0 Å². The summed E-state index contributed by atoms with van der Waals surface area (Å²) < 4.78 is 10.8. The lowest BCUT2D eigenvalue weighted by molar-refractivity contribution is -0.139. The highest BCUT2D eigenvalue weighted by atomic mass is 35.5. The van der Waals surface area contributed by atoms with Crippen LogP contribution in [0.4, 0.5) is 0 Å². The molecule has 0 aliphatic carbocycles. The van der Waals surface area contributed by atoms with E-state index in [-0.39, 0.29) is 13.2 Å². The van der Waals surface area contributed by atoms with Gasteiger partial charge >= 0.3 is 11.8 Å². The van der Waals surface area contributed by atoms with Crippen LogP contribution in [0, 0.1) is 0 Å². The molecule has 9 heteroatoms. The van der Waals surface area contributed by atoms with Gasteiger partial charge in [-0.3, -0.25) is 9.59 Å². The second kappa shape index (κ2) is 10.5. The Hall–Kier alpha value is -3.29. The van der Waals surface area contributed by atoms with Crippen LogP contribution >= 0.6 is 23.2 Å². The maximum atomic E-state index is 11.7. The second-order valence-electron chi connectivity index (χ2n) is 6.02. The van der Waals surface area contributed by atoms with Crippen molar-refractivity contribution in [2.45, 2.75) is 13.2 Å². The van der Waals surface area contributed by atoms with E-state index in [2.05, 4.69) is 15.8 Å². The Labute approximate surface area is 182 Å². The quantitative estimate of drug-likeness (QED) is 0.327. The second-order valence-corrected chi connectivity index (χ2v) is 6.83. The summed E-state index contributed by atoms with van der Waals surface area (Å²) in [4.78, 5) is 23.4. The first-order chi connectivity index (χ1) is 14.5. The molecule has 30 heavy (non-hydrogen) atoms. The highest BCUT2D eigenvalue weighted by molar-refractivity contribution is 6.36. The van der Waals surface area contributed by atoms with E-state index in [1.807, 2.05) is 0 Å². The van der Waals surface area contributed by atoms with E-state index in [9.17, 15) is 9.59 Å². The minimum absolute atomic E-state index is 0.115. The van der Waals surface area contributed by atoms with Crippen LogP contribution in [0.25, 0.3) is 0 Å². The monoisotopic (exact) mass is 445 g/mol. The lowest BCUT2D eigenvalue weighted by Crippen LogP contribution is -2.37. The molecule has 7 nitrogen and oxygen atoms in total. The molecule has 0 fully saturated rings.